The number of methoxy groups -OCH3 is 2. The number of rotatable bonds is 5. The summed E-state index contributed by atoms with van der Waals surface area (Å²) in [6, 6.07) is 8.97. The number of carbonyl (C=O) groups is 1. The predicted molar refractivity (Wildman–Crippen MR) is 72.7 cm³/mol. The Bertz CT molecular complexity index is 602. The van der Waals surface area contributed by atoms with E-state index in [0.717, 1.165) is 11.3 Å². The molecule has 0 fully saturated rings. The minimum Gasteiger partial charge on any atom is -0.497 e. The lowest BCUT2D eigenvalue weighted by Crippen LogP contribution is -2.23. The molecule has 6 nitrogen and oxygen atoms in total. The van der Waals surface area contributed by atoms with Crippen LogP contribution in [0.5, 0.6) is 11.6 Å². The van der Waals surface area contributed by atoms with E-state index in [-0.39, 0.29) is 11.6 Å². The van der Waals surface area contributed by atoms with Crippen LogP contribution in [0.3, 0.4) is 0 Å². The number of amides is 1. The van der Waals surface area contributed by atoms with Gasteiger partial charge in [-0.3, -0.25) is 4.79 Å². The first-order valence-corrected chi connectivity index (χ1v) is 6.00. The number of hydrogen-bond donors (Lipinski definition) is 1. The van der Waals surface area contributed by atoms with E-state index in [1.807, 2.05) is 24.3 Å². The van der Waals surface area contributed by atoms with Crippen molar-refractivity contribution < 1.29 is 14.3 Å². The van der Waals surface area contributed by atoms with E-state index in [0.29, 0.717) is 12.4 Å². The zero-order valence-corrected chi connectivity index (χ0v) is 11.3. The number of hydrogen-bond acceptors (Lipinski definition) is 5. The van der Waals surface area contributed by atoms with Crippen molar-refractivity contribution in [2.24, 2.45) is 0 Å². The maximum atomic E-state index is 12.0. The average Bonchev–Trinajstić information content (AvgIpc) is 2.52. The van der Waals surface area contributed by atoms with E-state index in [1.165, 1.54) is 19.5 Å². The Hall–Kier alpha value is -2.63. The smallest absolute Gasteiger partial charge is 0.270 e. The maximum Gasteiger partial charge on any atom is 0.270 e. The quantitative estimate of drug-likeness (QED) is 0.892. The molecule has 6 heteroatoms. The Kier molecular flexibility index (Phi) is 4.49. The van der Waals surface area contributed by atoms with E-state index >= 15 is 0 Å². The highest BCUT2D eigenvalue weighted by atomic mass is 16.5. The normalized spacial score (nSPS) is 9.90. The molecule has 0 radical (unpaired) electrons. The van der Waals surface area contributed by atoms with E-state index in [9.17, 15) is 4.79 Å². The van der Waals surface area contributed by atoms with Crippen LogP contribution in [0.4, 0.5) is 0 Å². The third kappa shape index (κ3) is 3.44. The summed E-state index contributed by atoms with van der Waals surface area (Å²) >= 11 is 0. The van der Waals surface area contributed by atoms with E-state index in [4.69, 9.17) is 9.47 Å². The van der Waals surface area contributed by atoms with E-state index in [1.54, 1.807) is 7.11 Å². The van der Waals surface area contributed by atoms with Crippen molar-refractivity contribution in [3.63, 3.8) is 0 Å². The lowest BCUT2D eigenvalue weighted by Gasteiger charge is -2.07. The van der Waals surface area contributed by atoms with Crippen LogP contribution >= 0.6 is 0 Å². The van der Waals surface area contributed by atoms with Crippen LogP contribution in [0.25, 0.3) is 0 Å². The molecule has 1 amide bonds. The molecular weight excluding hydrogens is 258 g/mol. The van der Waals surface area contributed by atoms with Crippen molar-refractivity contribution in [1.82, 2.24) is 15.3 Å². The Morgan fingerprint density at radius 2 is 2.05 bits per heavy atom. The maximum absolute atomic E-state index is 12.0. The molecule has 104 valence electrons. The first-order chi connectivity index (χ1) is 9.72. The molecular formula is C14H15N3O3. The van der Waals surface area contributed by atoms with Gasteiger partial charge in [0.15, 0.2) is 0 Å². The fraction of sp³-hybridized carbons (Fsp3) is 0.214. The molecule has 1 aromatic heterocycles. The molecule has 0 unspecified atom stereocenters. The third-order valence-electron chi connectivity index (χ3n) is 2.67. The van der Waals surface area contributed by atoms with Gasteiger partial charge in [-0.1, -0.05) is 12.1 Å². The van der Waals surface area contributed by atoms with Crippen molar-refractivity contribution in [2.45, 2.75) is 6.54 Å². The van der Waals surface area contributed by atoms with Gasteiger partial charge in [0.25, 0.3) is 5.91 Å². The topological polar surface area (TPSA) is 73.3 Å². The summed E-state index contributed by atoms with van der Waals surface area (Å²) in [4.78, 5) is 19.7. The summed E-state index contributed by atoms with van der Waals surface area (Å²) in [5.41, 5.74) is 1.21. The highest BCUT2D eigenvalue weighted by Gasteiger charge is 2.08. The van der Waals surface area contributed by atoms with E-state index in [2.05, 4.69) is 15.3 Å². The van der Waals surface area contributed by atoms with Crippen molar-refractivity contribution >= 4 is 5.91 Å². The number of aromatic nitrogens is 2. The van der Waals surface area contributed by atoms with Crippen LogP contribution in [-0.2, 0) is 6.54 Å². The van der Waals surface area contributed by atoms with Crippen molar-refractivity contribution in [2.75, 3.05) is 14.2 Å². The number of carbonyl (C=O) groups excluding carboxylic acids is 1. The summed E-state index contributed by atoms with van der Waals surface area (Å²) in [6.45, 7) is 0.391. The standard InChI is InChI=1S/C14H15N3O3/c1-19-11-5-3-4-10(6-11)8-15-14(18)12-7-13(20-2)17-9-16-12/h3-7,9H,8H2,1-2H3,(H,15,18). The molecule has 2 aromatic rings. The summed E-state index contributed by atoms with van der Waals surface area (Å²) in [7, 11) is 3.09. The number of benzene rings is 1. The highest BCUT2D eigenvalue weighted by molar-refractivity contribution is 5.92. The van der Waals surface area contributed by atoms with Gasteiger partial charge in [0.05, 0.1) is 14.2 Å². The predicted octanol–water partition coefficient (Wildman–Crippen LogP) is 1.42. The lowest BCUT2D eigenvalue weighted by atomic mass is 10.2. The summed E-state index contributed by atoms with van der Waals surface area (Å²) < 4.78 is 10.1. The number of ether oxygens (including phenoxy) is 2. The second-order valence-electron chi connectivity index (χ2n) is 3.98. The van der Waals surface area contributed by atoms with Gasteiger partial charge in [-0.25, -0.2) is 9.97 Å². The van der Waals surface area contributed by atoms with Crippen LogP contribution in [0.15, 0.2) is 36.7 Å². The second-order valence-corrected chi connectivity index (χ2v) is 3.98. The molecule has 20 heavy (non-hydrogen) atoms. The van der Waals surface area contributed by atoms with Crippen molar-refractivity contribution in [1.29, 1.82) is 0 Å². The van der Waals surface area contributed by atoms with Crippen LogP contribution in [0.1, 0.15) is 16.1 Å². The fourth-order valence-corrected chi connectivity index (χ4v) is 1.63. The molecule has 2 rings (SSSR count). The largest absolute Gasteiger partial charge is 0.497 e. The van der Waals surface area contributed by atoms with Gasteiger partial charge in [-0.2, -0.15) is 0 Å². The van der Waals surface area contributed by atoms with Gasteiger partial charge >= 0.3 is 0 Å². The second kappa shape index (κ2) is 6.51. The molecule has 0 aliphatic rings. The molecule has 0 spiro atoms. The first-order valence-electron chi connectivity index (χ1n) is 6.00. The number of nitrogens with one attached hydrogen (secondary N) is 1. The average molecular weight is 273 g/mol. The Morgan fingerprint density at radius 1 is 1.20 bits per heavy atom. The summed E-state index contributed by atoms with van der Waals surface area (Å²) in [5.74, 6) is 0.820. The van der Waals surface area contributed by atoms with Gasteiger partial charge < -0.3 is 14.8 Å². The summed E-state index contributed by atoms with van der Waals surface area (Å²) in [6.07, 6.45) is 1.29. The molecule has 0 bridgehead atoms. The number of nitrogens with zero attached hydrogens (tertiary/aromatic N) is 2. The third-order valence-corrected chi connectivity index (χ3v) is 2.67. The van der Waals surface area contributed by atoms with Crippen LogP contribution < -0.4 is 14.8 Å². The van der Waals surface area contributed by atoms with E-state index < -0.39 is 0 Å². The van der Waals surface area contributed by atoms with Crippen molar-refractivity contribution in [3.8, 4) is 11.6 Å². The molecule has 0 atom stereocenters. The minimum absolute atomic E-state index is 0.264. The van der Waals surface area contributed by atoms with Crippen LogP contribution in [0, 0.1) is 0 Å². The molecule has 1 aromatic carbocycles. The Balaban J connectivity index is 2.00. The SMILES string of the molecule is COc1cccc(CNC(=O)c2cc(OC)ncn2)c1. The van der Waals surface area contributed by atoms with Crippen LogP contribution in [-0.4, -0.2) is 30.1 Å². The molecule has 1 N–H and O–H groups in total. The zero-order valence-electron chi connectivity index (χ0n) is 11.3. The van der Waals surface area contributed by atoms with Gasteiger partial charge in [0.2, 0.25) is 5.88 Å². The van der Waals surface area contributed by atoms with Gasteiger partial charge in [0.1, 0.15) is 17.8 Å². The molecule has 0 aliphatic heterocycles. The summed E-state index contributed by atoms with van der Waals surface area (Å²) in [5, 5.41) is 2.78. The zero-order chi connectivity index (χ0) is 14.4. The van der Waals surface area contributed by atoms with Gasteiger partial charge in [-0.05, 0) is 17.7 Å². The van der Waals surface area contributed by atoms with Crippen LogP contribution in [0.2, 0.25) is 0 Å². The monoisotopic (exact) mass is 273 g/mol. The highest BCUT2D eigenvalue weighted by Crippen LogP contribution is 2.12. The molecule has 0 aliphatic carbocycles. The van der Waals surface area contributed by atoms with Crippen molar-refractivity contribution in [3.05, 3.63) is 47.9 Å². The lowest BCUT2D eigenvalue weighted by molar-refractivity contribution is 0.0945. The molecule has 0 saturated carbocycles. The molecule has 1 heterocycles. The first kappa shape index (κ1) is 13.8. The molecule has 0 saturated heterocycles. The van der Waals surface area contributed by atoms with Gasteiger partial charge in [0, 0.05) is 12.6 Å². The Labute approximate surface area is 116 Å². The fourth-order valence-electron chi connectivity index (χ4n) is 1.63. The van der Waals surface area contributed by atoms with Gasteiger partial charge in [-0.15, -0.1) is 0 Å². The minimum atomic E-state index is -0.284. The Morgan fingerprint density at radius 3 is 2.80 bits per heavy atom.